The lowest BCUT2D eigenvalue weighted by Gasteiger charge is -2.13. The lowest BCUT2D eigenvalue weighted by atomic mass is 10.2. The first-order valence-electron chi connectivity index (χ1n) is 4.38. The molecule has 1 aromatic carbocycles. The van der Waals surface area contributed by atoms with Crippen LogP contribution in [0.25, 0.3) is 0 Å². The molecule has 1 rings (SSSR count). The topological polar surface area (TPSA) is 49.3 Å². The van der Waals surface area contributed by atoms with E-state index in [9.17, 15) is 4.79 Å². The summed E-state index contributed by atoms with van der Waals surface area (Å²) in [6.45, 7) is 1.82. The number of hydrogen-bond acceptors (Lipinski definition) is 2. The van der Waals surface area contributed by atoms with Crippen LogP contribution in [0.5, 0.6) is 0 Å². The zero-order chi connectivity index (χ0) is 10.6. The van der Waals surface area contributed by atoms with Crippen molar-refractivity contribution in [2.75, 3.05) is 5.32 Å². The van der Waals surface area contributed by atoms with Crippen molar-refractivity contribution < 1.29 is 9.90 Å². The molecule has 0 radical (unpaired) electrons. The van der Waals surface area contributed by atoms with Crippen LogP contribution in [0.15, 0.2) is 24.3 Å². The molecule has 0 aromatic heterocycles. The van der Waals surface area contributed by atoms with Crippen LogP contribution >= 0.6 is 11.6 Å². The predicted octanol–water partition coefficient (Wildman–Crippen LogP) is 2.62. The summed E-state index contributed by atoms with van der Waals surface area (Å²) in [4.78, 5) is 10.7. The molecule has 1 atom stereocenters. The van der Waals surface area contributed by atoms with Crippen molar-refractivity contribution in [2.45, 2.75) is 19.4 Å². The normalized spacial score (nSPS) is 12.1. The number of hydrogen-bond donors (Lipinski definition) is 2. The van der Waals surface area contributed by atoms with Crippen molar-refractivity contribution >= 4 is 23.3 Å². The van der Waals surface area contributed by atoms with E-state index in [1.165, 1.54) is 0 Å². The van der Waals surface area contributed by atoms with Gasteiger partial charge in [-0.1, -0.05) is 18.5 Å². The van der Waals surface area contributed by atoms with Crippen molar-refractivity contribution in [1.82, 2.24) is 0 Å². The highest BCUT2D eigenvalue weighted by atomic mass is 35.5. The van der Waals surface area contributed by atoms with E-state index in [-0.39, 0.29) is 0 Å². The van der Waals surface area contributed by atoms with Crippen molar-refractivity contribution in [3.8, 4) is 0 Å². The summed E-state index contributed by atoms with van der Waals surface area (Å²) >= 11 is 5.70. The van der Waals surface area contributed by atoms with Gasteiger partial charge in [0.1, 0.15) is 6.04 Å². The Bertz CT molecular complexity index is 310. The fourth-order valence-corrected chi connectivity index (χ4v) is 1.21. The van der Waals surface area contributed by atoms with Gasteiger partial charge in [-0.15, -0.1) is 0 Å². The summed E-state index contributed by atoms with van der Waals surface area (Å²) in [6, 6.07) is 6.41. The molecule has 14 heavy (non-hydrogen) atoms. The van der Waals surface area contributed by atoms with E-state index in [1.807, 2.05) is 6.92 Å². The summed E-state index contributed by atoms with van der Waals surface area (Å²) in [5.41, 5.74) is 0.767. The fourth-order valence-electron chi connectivity index (χ4n) is 1.09. The maximum absolute atomic E-state index is 10.7. The van der Waals surface area contributed by atoms with Crippen LogP contribution in [-0.4, -0.2) is 17.1 Å². The van der Waals surface area contributed by atoms with Gasteiger partial charge in [-0.2, -0.15) is 0 Å². The van der Waals surface area contributed by atoms with Crippen LogP contribution in [-0.2, 0) is 4.79 Å². The lowest BCUT2D eigenvalue weighted by molar-refractivity contribution is -0.137. The number of rotatable bonds is 4. The maximum atomic E-state index is 10.7. The molecule has 0 unspecified atom stereocenters. The fraction of sp³-hybridized carbons (Fsp3) is 0.300. The maximum Gasteiger partial charge on any atom is 0.326 e. The number of halogens is 1. The zero-order valence-corrected chi connectivity index (χ0v) is 8.58. The number of carboxylic acids is 1. The van der Waals surface area contributed by atoms with Crippen LogP contribution in [0.1, 0.15) is 13.3 Å². The molecular weight excluding hydrogens is 202 g/mol. The number of nitrogens with one attached hydrogen (secondary N) is 1. The first-order chi connectivity index (χ1) is 6.63. The van der Waals surface area contributed by atoms with Crippen LogP contribution in [0.3, 0.4) is 0 Å². The largest absolute Gasteiger partial charge is 0.480 e. The third-order valence-corrected chi connectivity index (χ3v) is 2.14. The van der Waals surface area contributed by atoms with Gasteiger partial charge in [0.2, 0.25) is 0 Å². The molecule has 0 saturated heterocycles. The van der Waals surface area contributed by atoms with E-state index < -0.39 is 12.0 Å². The van der Waals surface area contributed by atoms with Gasteiger partial charge in [0.05, 0.1) is 0 Å². The van der Waals surface area contributed by atoms with E-state index in [4.69, 9.17) is 16.7 Å². The lowest BCUT2D eigenvalue weighted by Crippen LogP contribution is -2.28. The summed E-state index contributed by atoms with van der Waals surface area (Å²) in [6.07, 6.45) is 0.540. The first kappa shape index (κ1) is 10.9. The molecule has 3 nitrogen and oxygen atoms in total. The Balaban J connectivity index is 2.67. The second-order valence-electron chi connectivity index (χ2n) is 2.95. The first-order valence-corrected chi connectivity index (χ1v) is 4.76. The zero-order valence-electron chi connectivity index (χ0n) is 7.83. The molecule has 0 aliphatic heterocycles. The molecule has 0 spiro atoms. The van der Waals surface area contributed by atoms with E-state index in [1.54, 1.807) is 24.3 Å². The molecule has 0 bridgehead atoms. The van der Waals surface area contributed by atoms with Gasteiger partial charge in [0.15, 0.2) is 0 Å². The molecular formula is C10H12ClNO2. The van der Waals surface area contributed by atoms with Crippen molar-refractivity contribution in [1.29, 1.82) is 0 Å². The molecule has 4 heteroatoms. The Morgan fingerprint density at radius 1 is 1.50 bits per heavy atom. The van der Waals surface area contributed by atoms with Crippen molar-refractivity contribution in [3.63, 3.8) is 0 Å². The van der Waals surface area contributed by atoms with E-state index in [2.05, 4.69) is 5.32 Å². The van der Waals surface area contributed by atoms with E-state index in [0.717, 1.165) is 5.69 Å². The Labute approximate surface area is 87.7 Å². The molecule has 0 saturated carbocycles. The number of carboxylic acid groups (broad SMARTS) is 1. The Morgan fingerprint density at radius 3 is 2.50 bits per heavy atom. The van der Waals surface area contributed by atoms with Gasteiger partial charge in [-0.05, 0) is 30.7 Å². The highest BCUT2D eigenvalue weighted by molar-refractivity contribution is 6.30. The van der Waals surface area contributed by atoms with Crippen LogP contribution < -0.4 is 5.32 Å². The number of benzene rings is 1. The third kappa shape index (κ3) is 2.92. The summed E-state index contributed by atoms with van der Waals surface area (Å²) in [7, 11) is 0. The molecule has 2 N–H and O–H groups in total. The standard InChI is InChI=1S/C10H12ClNO2/c1-2-9(10(13)14)12-8-5-3-7(11)4-6-8/h3-6,9,12H,2H2,1H3,(H,13,14)/t9-/m0/s1. The number of anilines is 1. The van der Waals surface area contributed by atoms with Gasteiger partial charge < -0.3 is 10.4 Å². The summed E-state index contributed by atoms with van der Waals surface area (Å²) < 4.78 is 0. The Morgan fingerprint density at radius 2 is 2.07 bits per heavy atom. The monoisotopic (exact) mass is 213 g/mol. The quantitative estimate of drug-likeness (QED) is 0.809. The van der Waals surface area contributed by atoms with E-state index in [0.29, 0.717) is 11.4 Å². The van der Waals surface area contributed by atoms with Gasteiger partial charge >= 0.3 is 5.97 Å². The molecule has 76 valence electrons. The van der Waals surface area contributed by atoms with Gasteiger partial charge in [0.25, 0.3) is 0 Å². The summed E-state index contributed by atoms with van der Waals surface area (Å²) in [5.74, 6) is -0.845. The van der Waals surface area contributed by atoms with Gasteiger partial charge in [-0.3, -0.25) is 0 Å². The number of carbonyl (C=O) groups is 1. The molecule has 0 aliphatic rings. The van der Waals surface area contributed by atoms with E-state index >= 15 is 0 Å². The average molecular weight is 214 g/mol. The van der Waals surface area contributed by atoms with Crippen LogP contribution in [0.4, 0.5) is 5.69 Å². The Hall–Kier alpha value is -1.22. The minimum absolute atomic E-state index is 0.540. The third-order valence-electron chi connectivity index (χ3n) is 1.89. The molecule has 0 heterocycles. The predicted molar refractivity (Wildman–Crippen MR) is 56.8 cm³/mol. The molecule has 0 aliphatic carbocycles. The van der Waals surface area contributed by atoms with Crippen LogP contribution in [0.2, 0.25) is 5.02 Å². The number of aliphatic carboxylic acids is 1. The van der Waals surface area contributed by atoms with Crippen molar-refractivity contribution in [2.24, 2.45) is 0 Å². The van der Waals surface area contributed by atoms with Crippen LogP contribution in [0, 0.1) is 0 Å². The highest BCUT2D eigenvalue weighted by Crippen LogP contribution is 2.14. The smallest absolute Gasteiger partial charge is 0.326 e. The van der Waals surface area contributed by atoms with Gasteiger partial charge in [-0.25, -0.2) is 4.79 Å². The minimum atomic E-state index is -0.845. The molecule has 1 aromatic rings. The molecule has 0 amide bonds. The SMILES string of the molecule is CC[C@H](Nc1ccc(Cl)cc1)C(=O)O. The second kappa shape index (κ2) is 4.86. The van der Waals surface area contributed by atoms with Crippen molar-refractivity contribution in [3.05, 3.63) is 29.3 Å². The minimum Gasteiger partial charge on any atom is -0.480 e. The average Bonchev–Trinajstić information content (AvgIpc) is 2.16. The highest BCUT2D eigenvalue weighted by Gasteiger charge is 2.13. The van der Waals surface area contributed by atoms with Gasteiger partial charge in [0, 0.05) is 10.7 Å². The second-order valence-corrected chi connectivity index (χ2v) is 3.39. The molecule has 0 fully saturated rings. The Kier molecular flexibility index (Phi) is 3.77. The summed E-state index contributed by atoms with van der Waals surface area (Å²) in [5, 5.41) is 12.3.